The quantitative estimate of drug-likeness (QED) is 0.749. The molecule has 7 heteroatoms. The molecule has 0 aromatic rings. The van der Waals surface area contributed by atoms with Gasteiger partial charge in [-0.05, 0) is 15.9 Å². The van der Waals surface area contributed by atoms with Crippen LogP contribution in [0.3, 0.4) is 0 Å². The van der Waals surface area contributed by atoms with Crippen molar-refractivity contribution in [2.24, 2.45) is 0 Å². The number of hydrogen-bond acceptors (Lipinski definition) is 3. The van der Waals surface area contributed by atoms with Gasteiger partial charge in [0.25, 0.3) is 0 Å². The predicted molar refractivity (Wildman–Crippen MR) is 55.5 cm³/mol. The Bertz CT molecular complexity index is 252. The summed E-state index contributed by atoms with van der Waals surface area (Å²) in [6, 6.07) is 0. The molecule has 0 aliphatic carbocycles. The molecule has 0 unspecified atom stereocenters. The highest BCUT2D eigenvalue weighted by Gasteiger charge is 2.33. The van der Waals surface area contributed by atoms with Crippen molar-refractivity contribution in [1.82, 2.24) is 15.5 Å². The summed E-state index contributed by atoms with van der Waals surface area (Å²) in [6.45, 7) is 0.480. The van der Waals surface area contributed by atoms with Crippen LogP contribution in [0.1, 0.15) is 0 Å². The van der Waals surface area contributed by atoms with Crippen molar-refractivity contribution in [3.63, 3.8) is 0 Å². The summed E-state index contributed by atoms with van der Waals surface area (Å²) in [7, 11) is 1.66. The largest absolute Gasteiger partial charge is 0.405 e. The van der Waals surface area contributed by atoms with Crippen molar-refractivity contribution < 1.29 is 13.2 Å². The van der Waals surface area contributed by atoms with Crippen LogP contribution < -0.4 is 10.6 Å². The Morgan fingerprint density at radius 1 is 1.60 bits per heavy atom. The molecule has 1 rings (SSSR count). The van der Waals surface area contributed by atoms with E-state index >= 15 is 0 Å². The van der Waals surface area contributed by atoms with Gasteiger partial charge in [0, 0.05) is 26.7 Å². The summed E-state index contributed by atoms with van der Waals surface area (Å²) in [5.74, 6) is 0. The molecule has 1 heterocycles. The van der Waals surface area contributed by atoms with Crippen LogP contribution in [0.4, 0.5) is 13.2 Å². The van der Waals surface area contributed by atoms with Crippen molar-refractivity contribution in [2.45, 2.75) is 6.18 Å². The molecule has 0 bridgehead atoms. The minimum atomic E-state index is -4.16. The van der Waals surface area contributed by atoms with Crippen molar-refractivity contribution in [3.05, 3.63) is 10.3 Å². The molecule has 0 saturated carbocycles. The number of alkyl halides is 3. The van der Waals surface area contributed by atoms with Crippen LogP contribution in [0.2, 0.25) is 0 Å². The maximum atomic E-state index is 12.3. The number of hydrogen-bond donors (Lipinski definition) is 2. The summed E-state index contributed by atoms with van der Waals surface area (Å²) < 4.78 is 37.4. The Labute approximate surface area is 94.8 Å². The molecule has 1 aliphatic rings. The first kappa shape index (κ1) is 12.6. The Kier molecular flexibility index (Phi) is 4.27. The molecule has 0 amide bonds. The maximum Gasteiger partial charge on any atom is 0.405 e. The third-order valence-electron chi connectivity index (χ3n) is 2.08. The van der Waals surface area contributed by atoms with Crippen LogP contribution in [-0.4, -0.2) is 44.3 Å². The molecule has 1 aliphatic heterocycles. The van der Waals surface area contributed by atoms with Crippen LogP contribution in [-0.2, 0) is 0 Å². The third kappa shape index (κ3) is 3.90. The molecule has 2 N–H and O–H groups in total. The van der Waals surface area contributed by atoms with E-state index in [4.69, 9.17) is 0 Å². The molecule has 0 aromatic heterocycles. The zero-order chi connectivity index (χ0) is 11.5. The van der Waals surface area contributed by atoms with E-state index in [1.54, 1.807) is 7.05 Å². The summed E-state index contributed by atoms with van der Waals surface area (Å²) in [5, 5.41) is 5.83. The topological polar surface area (TPSA) is 27.3 Å². The smallest absolute Gasteiger partial charge is 0.381 e. The van der Waals surface area contributed by atoms with E-state index in [2.05, 4.69) is 26.6 Å². The fraction of sp³-hybridized carbons (Fsp3) is 0.750. The Balaban J connectivity index is 2.75. The highest BCUT2D eigenvalue weighted by Crippen LogP contribution is 2.22. The summed E-state index contributed by atoms with van der Waals surface area (Å²) in [4.78, 5) is 1.33. The average Bonchev–Trinajstić information content (AvgIpc) is 2.15. The number of nitrogens with zero attached hydrogens (tertiary/aromatic N) is 1. The van der Waals surface area contributed by atoms with E-state index < -0.39 is 12.7 Å². The zero-order valence-corrected chi connectivity index (χ0v) is 9.87. The lowest BCUT2D eigenvalue weighted by Crippen LogP contribution is -2.46. The van der Waals surface area contributed by atoms with Gasteiger partial charge in [-0.1, -0.05) is 0 Å². The van der Waals surface area contributed by atoms with E-state index in [0.717, 1.165) is 0 Å². The van der Waals surface area contributed by atoms with Gasteiger partial charge >= 0.3 is 6.18 Å². The minimum absolute atomic E-state index is 0.367. The molecular formula is C8H13BrF3N3. The van der Waals surface area contributed by atoms with Crippen LogP contribution in [0, 0.1) is 0 Å². The van der Waals surface area contributed by atoms with E-state index in [0.29, 0.717) is 29.9 Å². The van der Waals surface area contributed by atoms with Crippen LogP contribution in [0.25, 0.3) is 0 Å². The Morgan fingerprint density at radius 2 is 2.27 bits per heavy atom. The Hall–Kier alpha value is -0.430. The standard InChI is InChI=1S/C8H13BrF3N3/c1-13-7(9)6-4-14-2-3-15(6)5-8(10,11)12/h13-14H,2-5H2,1H3/b7-6-. The van der Waals surface area contributed by atoms with Gasteiger partial charge in [0.05, 0.1) is 10.3 Å². The summed E-state index contributed by atoms with van der Waals surface area (Å²) >= 11 is 3.21. The third-order valence-corrected chi connectivity index (χ3v) is 2.93. The fourth-order valence-corrected chi connectivity index (χ4v) is 1.81. The molecule has 15 heavy (non-hydrogen) atoms. The molecule has 88 valence electrons. The van der Waals surface area contributed by atoms with Crippen LogP contribution >= 0.6 is 15.9 Å². The van der Waals surface area contributed by atoms with Gasteiger partial charge in [-0.2, -0.15) is 13.2 Å². The number of rotatable bonds is 2. The second kappa shape index (κ2) is 5.07. The first-order chi connectivity index (χ1) is 6.94. The molecule has 1 fully saturated rings. The van der Waals surface area contributed by atoms with E-state index in [-0.39, 0.29) is 0 Å². The van der Waals surface area contributed by atoms with E-state index in [9.17, 15) is 13.2 Å². The van der Waals surface area contributed by atoms with E-state index in [1.807, 2.05) is 0 Å². The average molecular weight is 288 g/mol. The SMILES string of the molecule is CN/C(Br)=C1/CNCCN1CC(F)(F)F. The van der Waals surface area contributed by atoms with Crippen molar-refractivity contribution in [3.8, 4) is 0 Å². The molecular weight excluding hydrogens is 275 g/mol. The molecule has 0 spiro atoms. The van der Waals surface area contributed by atoms with Crippen LogP contribution in [0.5, 0.6) is 0 Å². The minimum Gasteiger partial charge on any atom is -0.381 e. The number of halogens is 4. The molecule has 1 saturated heterocycles. The molecule has 0 atom stereocenters. The first-order valence-electron chi connectivity index (χ1n) is 4.53. The number of nitrogens with one attached hydrogen (secondary N) is 2. The summed E-state index contributed by atoms with van der Waals surface area (Å²) in [5.41, 5.74) is 0.612. The lowest BCUT2D eigenvalue weighted by molar-refractivity contribution is -0.142. The fourth-order valence-electron chi connectivity index (χ4n) is 1.42. The first-order valence-corrected chi connectivity index (χ1v) is 5.32. The lowest BCUT2D eigenvalue weighted by atomic mass is 10.3. The number of piperazine rings is 1. The lowest BCUT2D eigenvalue weighted by Gasteiger charge is -2.33. The van der Waals surface area contributed by atoms with Gasteiger partial charge in [0.1, 0.15) is 6.54 Å². The normalized spacial score (nSPS) is 21.5. The van der Waals surface area contributed by atoms with Gasteiger partial charge < -0.3 is 15.5 Å². The van der Waals surface area contributed by atoms with Crippen molar-refractivity contribution in [2.75, 3.05) is 33.2 Å². The Morgan fingerprint density at radius 3 is 2.80 bits per heavy atom. The highest BCUT2D eigenvalue weighted by atomic mass is 79.9. The van der Waals surface area contributed by atoms with Gasteiger partial charge in [0.15, 0.2) is 0 Å². The molecule has 0 aromatic carbocycles. The monoisotopic (exact) mass is 287 g/mol. The summed E-state index contributed by atoms with van der Waals surface area (Å²) in [6.07, 6.45) is -4.16. The van der Waals surface area contributed by atoms with Crippen molar-refractivity contribution >= 4 is 15.9 Å². The van der Waals surface area contributed by atoms with Gasteiger partial charge in [-0.25, -0.2) is 0 Å². The van der Waals surface area contributed by atoms with Gasteiger partial charge in [-0.15, -0.1) is 0 Å². The van der Waals surface area contributed by atoms with Gasteiger partial charge in [0.2, 0.25) is 0 Å². The van der Waals surface area contributed by atoms with Crippen LogP contribution in [0.15, 0.2) is 10.3 Å². The second-order valence-corrected chi connectivity index (χ2v) is 4.02. The molecule has 3 nitrogen and oxygen atoms in total. The second-order valence-electron chi connectivity index (χ2n) is 3.22. The molecule has 0 radical (unpaired) electrons. The predicted octanol–water partition coefficient (Wildman–Crippen LogP) is 1.24. The zero-order valence-electron chi connectivity index (χ0n) is 8.29. The highest BCUT2D eigenvalue weighted by molar-refractivity contribution is 9.11. The maximum absolute atomic E-state index is 12.3. The van der Waals surface area contributed by atoms with E-state index in [1.165, 1.54) is 4.90 Å². The van der Waals surface area contributed by atoms with Gasteiger partial charge in [-0.3, -0.25) is 0 Å². The van der Waals surface area contributed by atoms with Crippen molar-refractivity contribution in [1.29, 1.82) is 0 Å².